The van der Waals surface area contributed by atoms with E-state index in [-0.39, 0.29) is 36.5 Å². The highest BCUT2D eigenvalue weighted by atomic mass is 79.9. The lowest BCUT2D eigenvalue weighted by atomic mass is 10.1. The molecular weight excluding hydrogens is 532 g/mol. The molecule has 2 aromatic carbocycles. The molecule has 0 aromatic heterocycles. The first-order chi connectivity index (χ1) is 16.9. The summed E-state index contributed by atoms with van der Waals surface area (Å²) >= 11 is 3.28. The molecular formula is C25H27BrN4O6. The number of benzene rings is 2. The first kappa shape index (κ1) is 26.9. The summed E-state index contributed by atoms with van der Waals surface area (Å²) in [6.45, 7) is 5.02. The van der Waals surface area contributed by atoms with Gasteiger partial charge < -0.3 is 20.7 Å². The van der Waals surface area contributed by atoms with Crippen molar-refractivity contribution in [3.63, 3.8) is 0 Å². The van der Waals surface area contributed by atoms with Crippen molar-refractivity contribution in [1.82, 2.24) is 15.5 Å². The molecule has 3 rings (SSSR count). The van der Waals surface area contributed by atoms with Gasteiger partial charge in [-0.2, -0.15) is 0 Å². The van der Waals surface area contributed by atoms with Crippen molar-refractivity contribution >= 4 is 51.3 Å². The molecule has 1 aliphatic heterocycles. The van der Waals surface area contributed by atoms with Gasteiger partial charge in [0.1, 0.15) is 12.1 Å². The summed E-state index contributed by atoms with van der Waals surface area (Å²) in [5.41, 5.74) is 0.933. The van der Waals surface area contributed by atoms with E-state index in [0.717, 1.165) is 4.90 Å². The Labute approximate surface area is 216 Å². The zero-order chi connectivity index (χ0) is 26.5. The van der Waals surface area contributed by atoms with Gasteiger partial charge in [-0.1, -0.05) is 34.1 Å². The second kappa shape index (κ2) is 11.3. The Hall–Kier alpha value is -3.73. The molecule has 11 heteroatoms. The molecule has 190 valence electrons. The van der Waals surface area contributed by atoms with Gasteiger partial charge in [0.2, 0.25) is 11.8 Å². The van der Waals surface area contributed by atoms with Crippen LogP contribution in [0.15, 0.2) is 46.9 Å². The predicted molar refractivity (Wildman–Crippen MR) is 135 cm³/mol. The smallest absolute Gasteiger partial charge is 0.407 e. The summed E-state index contributed by atoms with van der Waals surface area (Å²) in [5, 5.41) is 7.95. The zero-order valence-corrected chi connectivity index (χ0v) is 21.7. The number of carbonyl (C=O) groups excluding carboxylic acids is 5. The van der Waals surface area contributed by atoms with Gasteiger partial charge in [-0.3, -0.25) is 24.1 Å². The maximum absolute atomic E-state index is 12.7. The topological polar surface area (TPSA) is 134 Å². The van der Waals surface area contributed by atoms with Crippen molar-refractivity contribution in [2.24, 2.45) is 0 Å². The lowest BCUT2D eigenvalue weighted by molar-refractivity contribution is -0.121. The third-order valence-corrected chi connectivity index (χ3v) is 5.52. The molecule has 36 heavy (non-hydrogen) atoms. The number of ether oxygens (including phenoxy) is 1. The van der Waals surface area contributed by atoms with Crippen molar-refractivity contribution in [1.29, 1.82) is 0 Å². The highest BCUT2D eigenvalue weighted by Gasteiger charge is 2.36. The minimum atomic E-state index is -0.628. The number of hydrogen-bond donors (Lipinski definition) is 3. The summed E-state index contributed by atoms with van der Waals surface area (Å²) in [5.74, 6) is -1.92. The third kappa shape index (κ3) is 7.14. The standard InChI is InChI=1S/C25H27BrN4O6/c1-25(2,3)36-24(35)27-11-10-20(31)28-13-15-6-4-5-7-19(15)29-21(32)14-30-22(33)17-9-8-16(26)12-18(17)23(30)34/h4-9,12H,10-11,13-14H2,1-3H3,(H,27,35)(H,28,31)(H,29,32). The number of nitrogens with one attached hydrogen (secondary N) is 3. The van der Waals surface area contributed by atoms with Crippen LogP contribution in [0.25, 0.3) is 0 Å². The van der Waals surface area contributed by atoms with Crippen LogP contribution in [0.5, 0.6) is 0 Å². The number of carbonyl (C=O) groups is 5. The fourth-order valence-electron chi connectivity index (χ4n) is 3.41. The maximum Gasteiger partial charge on any atom is 0.407 e. The molecule has 5 amide bonds. The summed E-state index contributed by atoms with van der Waals surface area (Å²) in [6, 6.07) is 11.6. The molecule has 0 unspecified atom stereocenters. The van der Waals surface area contributed by atoms with E-state index in [4.69, 9.17) is 4.74 Å². The van der Waals surface area contributed by atoms with Crippen LogP contribution in [0.3, 0.4) is 0 Å². The van der Waals surface area contributed by atoms with Crippen molar-refractivity contribution in [2.45, 2.75) is 39.3 Å². The van der Waals surface area contributed by atoms with Gasteiger partial charge >= 0.3 is 6.09 Å². The van der Waals surface area contributed by atoms with Crippen LogP contribution < -0.4 is 16.0 Å². The summed E-state index contributed by atoms with van der Waals surface area (Å²) in [7, 11) is 0. The Balaban J connectivity index is 1.51. The van der Waals surface area contributed by atoms with Crippen molar-refractivity contribution in [2.75, 3.05) is 18.4 Å². The number of rotatable bonds is 8. The molecule has 1 heterocycles. The first-order valence-corrected chi connectivity index (χ1v) is 12.0. The molecule has 3 N–H and O–H groups in total. The molecule has 0 radical (unpaired) electrons. The Morgan fingerprint density at radius 2 is 1.64 bits per heavy atom. The molecule has 10 nitrogen and oxygen atoms in total. The first-order valence-electron chi connectivity index (χ1n) is 11.2. The van der Waals surface area contributed by atoms with E-state index in [1.807, 2.05) is 0 Å². The van der Waals surface area contributed by atoms with Crippen molar-refractivity contribution in [3.8, 4) is 0 Å². The van der Waals surface area contributed by atoms with Crippen LogP contribution in [0.4, 0.5) is 10.5 Å². The van der Waals surface area contributed by atoms with E-state index in [2.05, 4.69) is 31.9 Å². The van der Waals surface area contributed by atoms with E-state index >= 15 is 0 Å². The maximum atomic E-state index is 12.7. The van der Waals surface area contributed by atoms with Gasteiger partial charge in [0.05, 0.1) is 11.1 Å². The average molecular weight is 559 g/mol. The minimum absolute atomic E-state index is 0.0453. The largest absolute Gasteiger partial charge is 0.444 e. The molecule has 0 fully saturated rings. The molecule has 0 bridgehead atoms. The Kier molecular flexibility index (Phi) is 8.46. The lowest BCUT2D eigenvalue weighted by Gasteiger charge is -2.19. The van der Waals surface area contributed by atoms with Crippen LogP contribution in [-0.4, -0.2) is 53.3 Å². The Bertz CT molecular complexity index is 1210. The van der Waals surface area contributed by atoms with Crippen LogP contribution in [0, 0.1) is 0 Å². The quantitative estimate of drug-likeness (QED) is 0.426. The van der Waals surface area contributed by atoms with Gasteiger partial charge in [-0.05, 0) is 50.6 Å². The van der Waals surface area contributed by atoms with Gasteiger partial charge in [0.25, 0.3) is 11.8 Å². The molecule has 2 aromatic rings. The average Bonchev–Trinajstić information content (AvgIpc) is 3.01. The number of halogens is 1. The predicted octanol–water partition coefficient (Wildman–Crippen LogP) is 3.21. The number of hydrogen-bond acceptors (Lipinski definition) is 6. The Morgan fingerprint density at radius 3 is 2.36 bits per heavy atom. The van der Waals surface area contributed by atoms with E-state index in [1.54, 1.807) is 63.2 Å². The highest BCUT2D eigenvalue weighted by molar-refractivity contribution is 9.10. The number of amides is 5. The number of para-hydroxylation sites is 1. The fourth-order valence-corrected chi connectivity index (χ4v) is 3.77. The summed E-state index contributed by atoms with van der Waals surface area (Å²) in [6.07, 6.45) is -0.557. The second-order valence-corrected chi connectivity index (χ2v) is 9.96. The SMILES string of the molecule is CC(C)(C)OC(=O)NCCC(=O)NCc1ccccc1NC(=O)CN1C(=O)c2ccc(Br)cc2C1=O. The van der Waals surface area contributed by atoms with Crippen LogP contribution >= 0.6 is 15.9 Å². The van der Waals surface area contributed by atoms with Crippen LogP contribution in [0.2, 0.25) is 0 Å². The number of anilines is 1. The second-order valence-electron chi connectivity index (χ2n) is 9.05. The van der Waals surface area contributed by atoms with Gasteiger partial charge in [0.15, 0.2) is 0 Å². The van der Waals surface area contributed by atoms with Gasteiger partial charge in [0, 0.05) is 29.7 Å². The Morgan fingerprint density at radius 1 is 0.944 bits per heavy atom. The molecule has 0 atom stereocenters. The highest BCUT2D eigenvalue weighted by Crippen LogP contribution is 2.26. The van der Waals surface area contributed by atoms with Crippen molar-refractivity contribution in [3.05, 3.63) is 63.6 Å². The molecule has 0 saturated heterocycles. The zero-order valence-electron chi connectivity index (χ0n) is 20.1. The lowest BCUT2D eigenvalue weighted by Crippen LogP contribution is -2.37. The number of alkyl carbamates (subject to hydrolysis) is 1. The van der Waals surface area contributed by atoms with E-state index in [0.29, 0.717) is 15.7 Å². The minimum Gasteiger partial charge on any atom is -0.444 e. The fraction of sp³-hybridized carbons (Fsp3) is 0.320. The molecule has 0 aliphatic carbocycles. The molecule has 1 aliphatic rings. The van der Waals surface area contributed by atoms with Crippen molar-refractivity contribution < 1.29 is 28.7 Å². The number of fused-ring (bicyclic) bond motifs is 1. The number of imide groups is 1. The van der Waals surface area contributed by atoms with E-state index in [9.17, 15) is 24.0 Å². The summed E-state index contributed by atoms with van der Waals surface area (Å²) < 4.78 is 5.77. The van der Waals surface area contributed by atoms with E-state index in [1.165, 1.54) is 0 Å². The van der Waals surface area contributed by atoms with Crippen LogP contribution in [0.1, 0.15) is 53.5 Å². The van der Waals surface area contributed by atoms with Gasteiger partial charge in [-0.15, -0.1) is 0 Å². The van der Waals surface area contributed by atoms with Gasteiger partial charge in [-0.25, -0.2) is 4.79 Å². The summed E-state index contributed by atoms with van der Waals surface area (Å²) in [4.78, 5) is 62.6. The third-order valence-electron chi connectivity index (χ3n) is 5.02. The number of nitrogens with zero attached hydrogens (tertiary/aromatic N) is 1. The normalized spacial score (nSPS) is 12.7. The molecule has 0 saturated carbocycles. The monoisotopic (exact) mass is 558 g/mol. The van der Waals surface area contributed by atoms with E-state index < -0.39 is 36.0 Å². The molecule has 0 spiro atoms. The van der Waals surface area contributed by atoms with Crippen LogP contribution in [-0.2, 0) is 20.9 Å².